The first-order valence-corrected chi connectivity index (χ1v) is 13.3. The van der Waals surface area contributed by atoms with Crippen molar-refractivity contribution in [1.29, 1.82) is 0 Å². The summed E-state index contributed by atoms with van der Waals surface area (Å²) in [6.45, 7) is 17.7. The minimum atomic E-state index is -0.0827. The van der Waals surface area contributed by atoms with Crippen molar-refractivity contribution in [3.8, 4) is 0 Å². The summed E-state index contributed by atoms with van der Waals surface area (Å²) in [5, 5.41) is 10.3. The minimum absolute atomic E-state index is 0.0827. The normalized spacial score (nSPS) is 44.8. The summed E-state index contributed by atoms with van der Waals surface area (Å²) in [6, 6.07) is 0. The maximum absolute atomic E-state index is 10.3. The number of fused-ring (bicyclic) bond motifs is 5. The molecule has 4 rings (SSSR count). The highest BCUT2D eigenvalue weighted by molar-refractivity contribution is 5.25. The van der Waals surface area contributed by atoms with Gasteiger partial charge in [0.2, 0.25) is 0 Å². The van der Waals surface area contributed by atoms with Crippen molar-refractivity contribution < 1.29 is 5.11 Å². The molecule has 0 heterocycles. The van der Waals surface area contributed by atoms with Gasteiger partial charge in [-0.3, -0.25) is 0 Å². The first-order chi connectivity index (χ1) is 14.0. The summed E-state index contributed by atoms with van der Waals surface area (Å²) in [6.07, 6.45) is 15.6. The van der Waals surface area contributed by atoms with Gasteiger partial charge in [0.05, 0.1) is 6.10 Å². The van der Waals surface area contributed by atoms with E-state index in [0.29, 0.717) is 16.2 Å². The molecule has 0 aromatic carbocycles. The average Bonchev–Trinajstić information content (AvgIpc) is 2.98. The van der Waals surface area contributed by atoms with Gasteiger partial charge in [0, 0.05) is 0 Å². The third-order valence-corrected chi connectivity index (χ3v) is 10.7. The SMILES string of the molecule is CC(C)CC(C)(C)C[C@@H](C)[C@H]1CC[C@H]2[C@@H]3CC=C4C[C@@H](O)CC[C@]4(C)[C@H]3CC[C@]12C. The molecule has 0 radical (unpaired) electrons. The molecule has 1 N–H and O–H groups in total. The Balaban J connectivity index is 1.51. The maximum atomic E-state index is 10.3. The summed E-state index contributed by atoms with van der Waals surface area (Å²) in [4.78, 5) is 0. The Hall–Kier alpha value is -0.300. The van der Waals surface area contributed by atoms with Crippen molar-refractivity contribution in [2.75, 3.05) is 0 Å². The molecule has 1 nitrogen and oxygen atoms in total. The Morgan fingerprint density at radius 3 is 2.43 bits per heavy atom. The van der Waals surface area contributed by atoms with E-state index in [2.05, 4.69) is 54.5 Å². The van der Waals surface area contributed by atoms with E-state index in [-0.39, 0.29) is 6.10 Å². The summed E-state index contributed by atoms with van der Waals surface area (Å²) in [5.41, 5.74) is 3.03. The number of aliphatic hydroxyl groups excluding tert-OH is 1. The van der Waals surface area contributed by atoms with Gasteiger partial charge in [0.15, 0.2) is 0 Å². The molecule has 8 atom stereocenters. The number of rotatable bonds is 5. The second-order valence-electron chi connectivity index (χ2n) is 13.8. The first kappa shape index (κ1) is 22.9. The van der Waals surface area contributed by atoms with Crippen molar-refractivity contribution >= 4 is 0 Å². The Bertz CT molecular complexity index is 659. The smallest absolute Gasteiger partial charge is 0.0577 e. The summed E-state index contributed by atoms with van der Waals surface area (Å²) in [7, 11) is 0. The van der Waals surface area contributed by atoms with Crippen LogP contribution in [0, 0.1) is 51.8 Å². The number of allylic oxidation sites excluding steroid dienone is 1. The van der Waals surface area contributed by atoms with E-state index in [4.69, 9.17) is 0 Å². The molecule has 0 amide bonds. The molecule has 0 unspecified atom stereocenters. The van der Waals surface area contributed by atoms with Gasteiger partial charge in [0.25, 0.3) is 0 Å². The predicted molar refractivity (Wildman–Crippen MR) is 128 cm³/mol. The third-order valence-electron chi connectivity index (χ3n) is 10.7. The van der Waals surface area contributed by atoms with E-state index < -0.39 is 0 Å². The minimum Gasteiger partial charge on any atom is -0.393 e. The van der Waals surface area contributed by atoms with Gasteiger partial charge in [-0.2, -0.15) is 0 Å². The van der Waals surface area contributed by atoms with Gasteiger partial charge in [-0.05, 0) is 116 Å². The molecule has 3 fully saturated rings. The highest BCUT2D eigenvalue weighted by Gasteiger charge is 2.59. The van der Waals surface area contributed by atoms with Crippen LogP contribution in [0.25, 0.3) is 0 Å². The van der Waals surface area contributed by atoms with Gasteiger partial charge in [0.1, 0.15) is 0 Å². The van der Waals surface area contributed by atoms with Crippen molar-refractivity contribution in [3.63, 3.8) is 0 Å². The molecule has 4 aliphatic rings. The summed E-state index contributed by atoms with van der Waals surface area (Å²) < 4.78 is 0. The standard InChI is InChI=1S/C29H50O/c1-19(2)17-27(4,5)18-20(3)24-10-11-25-23-9-8-21-16-22(30)12-14-28(21,6)26(23)13-15-29(24,25)7/h8,19-20,22-26,30H,9-18H2,1-7H3/t20-,22+,23+,24-,25+,26+,28+,29-/m1/s1. The van der Waals surface area contributed by atoms with E-state index in [0.717, 1.165) is 48.3 Å². The van der Waals surface area contributed by atoms with Crippen LogP contribution in [0.15, 0.2) is 11.6 Å². The van der Waals surface area contributed by atoms with Gasteiger partial charge in [-0.25, -0.2) is 0 Å². The maximum Gasteiger partial charge on any atom is 0.0577 e. The highest BCUT2D eigenvalue weighted by atomic mass is 16.3. The van der Waals surface area contributed by atoms with Crippen LogP contribution in [0.1, 0.15) is 113 Å². The van der Waals surface area contributed by atoms with E-state index in [1.54, 1.807) is 5.57 Å². The summed E-state index contributed by atoms with van der Waals surface area (Å²) in [5.74, 6) is 5.26. The molecule has 30 heavy (non-hydrogen) atoms. The second-order valence-corrected chi connectivity index (χ2v) is 13.8. The fourth-order valence-electron chi connectivity index (χ4n) is 9.82. The monoisotopic (exact) mass is 414 g/mol. The van der Waals surface area contributed by atoms with Crippen LogP contribution >= 0.6 is 0 Å². The third kappa shape index (κ3) is 3.84. The first-order valence-electron chi connectivity index (χ1n) is 13.3. The molecule has 1 heteroatoms. The van der Waals surface area contributed by atoms with Crippen LogP contribution in [-0.4, -0.2) is 11.2 Å². The molecular formula is C29H50O. The average molecular weight is 415 g/mol. The van der Waals surface area contributed by atoms with Gasteiger partial charge >= 0.3 is 0 Å². The van der Waals surface area contributed by atoms with Crippen molar-refractivity contribution in [3.05, 3.63) is 11.6 Å². The Kier molecular flexibility index (Phi) is 6.05. The van der Waals surface area contributed by atoms with E-state index in [9.17, 15) is 5.11 Å². The molecule has 3 saturated carbocycles. The lowest BCUT2D eigenvalue weighted by atomic mass is 9.47. The molecule has 4 aliphatic carbocycles. The fourth-order valence-corrected chi connectivity index (χ4v) is 9.82. The Labute approximate surface area is 187 Å². The van der Waals surface area contributed by atoms with Crippen LogP contribution in [0.2, 0.25) is 0 Å². The molecule has 0 aromatic rings. The molecule has 0 aromatic heterocycles. The summed E-state index contributed by atoms with van der Waals surface area (Å²) >= 11 is 0. The molecule has 172 valence electrons. The van der Waals surface area contributed by atoms with Crippen molar-refractivity contribution in [2.45, 2.75) is 119 Å². The van der Waals surface area contributed by atoms with Crippen molar-refractivity contribution in [1.82, 2.24) is 0 Å². The second kappa shape index (κ2) is 7.93. The van der Waals surface area contributed by atoms with Crippen molar-refractivity contribution in [2.24, 2.45) is 51.8 Å². The zero-order chi connectivity index (χ0) is 21.9. The highest BCUT2D eigenvalue weighted by Crippen LogP contribution is 2.67. The van der Waals surface area contributed by atoms with E-state index in [1.165, 1.54) is 51.4 Å². The van der Waals surface area contributed by atoms with E-state index in [1.807, 2.05) is 0 Å². The van der Waals surface area contributed by atoms with E-state index >= 15 is 0 Å². The lowest BCUT2D eigenvalue weighted by Crippen LogP contribution is -2.51. The number of hydrogen-bond acceptors (Lipinski definition) is 1. The van der Waals surface area contributed by atoms with Crippen LogP contribution in [0.5, 0.6) is 0 Å². The molecular weight excluding hydrogens is 364 g/mol. The van der Waals surface area contributed by atoms with Crippen LogP contribution < -0.4 is 0 Å². The Morgan fingerprint density at radius 1 is 1.00 bits per heavy atom. The lowest BCUT2D eigenvalue weighted by molar-refractivity contribution is -0.0593. The number of aliphatic hydroxyl groups is 1. The van der Waals surface area contributed by atoms with Gasteiger partial charge in [-0.15, -0.1) is 0 Å². The zero-order valence-electron chi connectivity index (χ0n) is 21.1. The fraction of sp³-hybridized carbons (Fsp3) is 0.931. The van der Waals surface area contributed by atoms with Gasteiger partial charge in [-0.1, -0.05) is 60.1 Å². The largest absolute Gasteiger partial charge is 0.393 e. The molecule has 0 aliphatic heterocycles. The predicted octanol–water partition coefficient (Wildman–Crippen LogP) is 8.02. The number of hydrogen-bond donors (Lipinski definition) is 1. The topological polar surface area (TPSA) is 20.2 Å². The molecule has 0 spiro atoms. The van der Waals surface area contributed by atoms with Crippen LogP contribution in [0.4, 0.5) is 0 Å². The quantitative estimate of drug-likeness (QED) is 0.451. The Morgan fingerprint density at radius 2 is 1.73 bits per heavy atom. The van der Waals surface area contributed by atoms with Gasteiger partial charge < -0.3 is 5.11 Å². The van der Waals surface area contributed by atoms with Crippen LogP contribution in [-0.2, 0) is 0 Å². The molecule has 0 bridgehead atoms. The zero-order valence-corrected chi connectivity index (χ0v) is 21.1. The lowest BCUT2D eigenvalue weighted by Gasteiger charge is -2.58. The molecule has 0 saturated heterocycles. The van der Waals surface area contributed by atoms with Crippen LogP contribution in [0.3, 0.4) is 0 Å².